The number of fused-ring (bicyclic) bond motifs is 1. The van der Waals surface area contributed by atoms with Gasteiger partial charge >= 0.3 is 0 Å². The number of aryl methyl sites for hydroxylation is 1. The van der Waals surface area contributed by atoms with Crippen LogP contribution >= 0.6 is 0 Å². The summed E-state index contributed by atoms with van der Waals surface area (Å²) in [6.45, 7) is 2.01. The average Bonchev–Trinajstić information content (AvgIpc) is 2.47. The molecule has 0 spiro atoms. The van der Waals surface area contributed by atoms with Crippen molar-refractivity contribution in [1.29, 1.82) is 0 Å². The Morgan fingerprint density at radius 3 is 2.33 bits per heavy atom. The zero-order valence-electron chi connectivity index (χ0n) is 11.9. The van der Waals surface area contributed by atoms with E-state index in [1.807, 2.05) is 43.3 Å². The molecule has 106 valence electrons. The van der Waals surface area contributed by atoms with Gasteiger partial charge in [-0.15, -0.1) is 0 Å². The molecule has 0 amide bonds. The van der Waals surface area contributed by atoms with Crippen LogP contribution in [0.2, 0.25) is 0 Å². The number of hydrogen-bond donors (Lipinski definition) is 2. The number of benzene rings is 2. The summed E-state index contributed by atoms with van der Waals surface area (Å²) in [5, 5.41) is 0.845. The molecule has 1 heterocycles. The van der Waals surface area contributed by atoms with Crippen LogP contribution in [0.5, 0.6) is 5.75 Å². The van der Waals surface area contributed by atoms with Crippen LogP contribution in [0, 0.1) is 6.92 Å². The van der Waals surface area contributed by atoms with Crippen molar-refractivity contribution in [1.82, 2.24) is 9.97 Å². The van der Waals surface area contributed by atoms with Crippen molar-refractivity contribution < 1.29 is 4.74 Å². The lowest BCUT2D eigenvalue weighted by atomic mass is 9.97. The molecule has 1 aromatic heterocycles. The Morgan fingerprint density at radius 1 is 0.952 bits per heavy atom. The van der Waals surface area contributed by atoms with Crippen molar-refractivity contribution in [2.24, 2.45) is 0 Å². The van der Waals surface area contributed by atoms with Gasteiger partial charge in [-0.05, 0) is 41.8 Å². The summed E-state index contributed by atoms with van der Waals surface area (Å²) in [6, 6.07) is 11.8. The Labute approximate surface area is 122 Å². The summed E-state index contributed by atoms with van der Waals surface area (Å²) < 4.78 is 5.18. The number of ether oxygens (including phenoxy) is 1. The van der Waals surface area contributed by atoms with Gasteiger partial charge in [0, 0.05) is 5.39 Å². The Bertz CT molecular complexity index is 813. The van der Waals surface area contributed by atoms with Gasteiger partial charge in [0.05, 0.1) is 12.6 Å². The van der Waals surface area contributed by atoms with E-state index in [-0.39, 0.29) is 5.95 Å². The van der Waals surface area contributed by atoms with Gasteiger partial charge in [0.2, 0.25) is 5.95 Å². The van der Waals surface area contributed by atoms with Crippen LogP contribution in [-0.4, -0.2) is 17.1 Å². The standard InChI is InChI=1S/C16H16N4O/c1-9-12(10-3-5-11(21-2)6-4-10)7-8-13-14(9)15(17)20-16(18)19-13/h3-8H,1-2H3,(H4,17,18,19,20). The Balaban J connectivity index is 2.21. The third-order valence-corrected chi connectivity index (χ3v) is 3.57. The molecule has 0 saturated carbocycles. The summed E-state index contributed by atoms with van der Waals surface area (Å²) in [7, 11) is 1.65. The molecule has 0 bridgehead atoms. The topological polar surface area (TPSA) is 87.0 Å². The highest BCUT2D eigenvalue weighted by atomic mass is 16.5. The molecule has 5 heteroatoms. The summed E-state index contributed by atoms with van der Waals surface area (Å²) in [6.07, 6.45) is 0. The Kier molecular flexibility index (Phi) is 3.10. The number of nitrogen functional groups attached to an aromatic ring is 2. The highest BCUT2D eigenvalue weighted by Gasteiger charge is 2.11. The van der Waals surface area contributed by atoms with E-state index < -0.39 is 0 Å². The van der Waals surface area contributed by atoms with Gasteiger partial charge in [0.15, 0.2) is 0 Å². The number of hydrogen-bond acceptors (Lipinski definition) is 5. The van der Waals surface area contributed by atoms with Gasteiger partial charge in [-0.3, -0.25) is 0 Å². The van der Waals surface area contributed by atoms with Gasteiger partial charge in [0.25, 0.3) is 0 Å². The van der Waals surface area contributed by atoms with E-state index in [2.05, 4.69) is 9.97 Å². The van der Waals surface area contributed by atoms with Gasteiger partial charge in [-0.1, -0.05) is 18.2 Å². The summed E-state index contributed by atoms with van der Waals surface area (Å²) in [5.74, 6) is 1.43. The van der Waals surface area contributed by atoms with Crippen molar-refractivity contribution in [3.05, 3.63) is 42.0 Å². The molecule has 0 fully saturated rings. The zero-order chi connectivity index (χ0) is 15.0. The molecule has 0 radical (unpaired) electrons. The second kappa shape index (κ2) is 4.94. The van der Waals surface area contributed by atoms with Crippen LogP contribution in [0.25, 0.3) is 22.0 Å². The van der Waals surface area contributed by atoms with E-state index in [0.29, 0.717) is 5.82 Å². The predicted molar refractivity (Wildman–Crippen MR) is 85.1 cm³/mol. The summed E-state index contributed by atoms with van der Waals surface area (Å²) in [4.78, 5) is 8.28. The van der Waals surface area contributed by atoms with Gasteiger partial charge < -0.3 is 16.2 Å². The largest absolute Gasteiger partial charge is 0.497 e. The first-order valence-electron chi connectivity index (χ1n) is 6.57. The lowest BCUT2D eigenvalue weighted by Crippen LogP contribution is -2.02. The monoisotopic (exact) mass is 280 g/mol. The Morgan fingerprint density at radius 2 is 1.67 bits per heavy atom. The second-order valence-electron chi connectivity index (χ2n) is 4.83. The molecule has 0 aliphatic heterocycles. The fraction of sp³-hybridized carbons (Fsp3) is 0.125. The van der Waals surface area contributed by atoms with Crippen LogP contribution in [0.1, 0.15) is 5.56 Å². The summed E-state index contributed by atoms with van der Waals surface area (Å²) in [5.41, 5.74) is 15.6. The first kappa shape index (κ1) is 13.2. The first-order chi connectivity index (χ1) is 10.1. The van der Waals surface area contributed by atoms with Crippen LogP contribution in [-0.2, 0) is 0 Å². The third kappa shape index (κ3) is 2.23. The van der Waals surface area contributed by atoms with E-state index >= 15 is 0 Å². The minimum atomic E-state index is 0.191. The molecule has 0 aliphatic rings. The van der Waals surface area contributed by atoms with Crippen LogP contribution in [0.4, 0.5) is 11.8 Å². The molecule has 0 saturated heterocycles. The zero-order valence-corrected chi connectivity index (χ0v) is 11.9. The van der Waals surface area contributed by atoms with E-state index in [1.165, 1.54) is 0 Å². The van der Waals surface area contributed by atoms with Crippen molar-refractivity contribution in [2.75, 3.05) is 18.6 Å². The maximum atomic E-state index is 6.00. The molecule has 21 heavy (non-hydrogen) atoms. The number of anilines is 2. The SMILES string of the molecule is COc1ccc(-c2ccc3nc(N)nc(N)c3c2C)cc1. The molecular formula is C16H16N4O. The van der Waals surface area contributed by atoms with Crippen molar-refractivity contribution in [3.8, 4) is 16.9 Å². The molecule has 4 N–H and O–H groups in total. The number of rotatable bonds is 2. The van der Waals surface area contributed by atoms with Crippen molar-refractivity contribution in [2.45, 2.75) is 6.92 Å². The van der Waals surface area contributed by atoms with Crippen LogP contribution < -0.4 is 16.2 Å². The number of nitrogens with two attached hydrogens (primary N) is 2. The molecule has 0 aliphatic carbocycles. The molecular weight excluding hydrogens is 264 g/mol. The van der Waals surface area contributed by atoms with Crippen LogP contribution in [0.3, 0.4) is 0 Å². The fourth-order valence-corrected chi connectivity index (χ4v) is 2.52. The molecule has 3 rings (SSSR count). The van der Waals surface area contributed by atoms with Crippen LogP contribution in [0.15, 0.2) is 36.4 Å². The highest BCUT2D eigenvalue weighted by molar-refractivity contribution is 5.96. The number of nitrogens with zero attached hydrogens (tertiary/aromatic N) is 2. The molecule has 0 unspecified atom stereocenters. The number of methoxy groups -OCH3 is 1. The van der Waals surface area contributed by atoms with Crippen molar-refractivity contribution >= 4 is 22.7 Å². The third-order valence-electron chi connectivity index (χ3n) is 3.57. The van der Waals surface area contributed by atoms with Gasteiger partial charge in [-0.2, -0.15) is 4.98 Å². The Hall–Kier alpha value is -2.82. The normalized spacial score (nSPS) is 10.8. The second-order valence-corrected chi connectivity index (χ2v) is 4.83. The molecule has 5 nitrogen and oxygen atoms in total. The van der Waals surface area contributed by atoms with Crippen molar-refractivity contribution in [3.63, 3.8) is 0 Å². The highest BCUT2D eigenvalue weighted by Crippen LogP contribution is 2.32. The van der Waals surface area contributed by atoms with E-state index in [0.717, 1.165) is 33.3 Å². The van der Waals surface area contributed by atoms with Gasteiger partial charge in [-0.25, -0.2) is 4.98 Å². The summed E-state index contributed by atoms with van der Waals surface area (Å²) >= 11 is 0. The molecule has 2 aromatic carbocycles. The lowest BCUT2D eigenvalue weighted by molar-refractivity contribution is 0.415. The van der Waals surface area contributed by atoms with E-state index in [1.54, 1.807) is 7.11 Å². The predicted octanol–water partition coefficient (Wildman–Crippen LogP) is 2.78. The lowest BCUT2D eigenvalue weighted by Gasteiger charge is -2.11. The van der Waals surface area contributed by atoms with Gasteiger partial charge in [0.1, 0.15) is 11.6 Å². The maximum absolute atomic E-state index is 6.00. The first-order valence-corrected chi connectivity index (χ1v) is 6.57. The smallest absolute Gasteiger partial charge is 0.222 e. The average molecular weight is 280 g/mol. The quantitative estimate of drug-likeness (QED) is 0.753. The minimum absolute atomic E-state index is 0.191. The molecule has 0 atom stereocenters. The molecule has 3 aromatic rings. The van der Waals surface area contributed by atoms with E-state index in [9.17, 15) is 0 Å². The van der Waals surface area contributed by atoms with E-state index in [4.69, 9.17) is 16.2 Å². The number of aromatic nitrogens is 2. The minimum Gasteiger partial charge on any atom is -0.497 e. The fourth-order valence-electron chi connectivity index (χ4n) is 2.52. The maximum Gasteiger partial charge on any atom is 0.222 e.